The van der Waals surface area contributed by atoms with E-state index in [1.54, 1.807) is 13.2 Å². The van der Waals surface area contributed by atoms with Crippen molar-refractivity contribution in [2.75, 3.05) is 17.3 Å². The lowest BCUT2D eigenvalue weighted by Crippen LogP contribution is -2.15. The van der Waals surface area contributed by atoms with E-state index in [0.717, 1.165) is 0 Å². The number of anilines is 1. The van der Waals surface area contributed by atoms with Gasteiger partial charge < -0.3 is 15.4 Å². The van der Waals surface area contributed by atoms with Gasteiger partial charge in [0, 0.05) is 11.9 Å². The summed E-state index contributed by atoms with van der Waals surface area (Å²) in [5.74, 6) is -0.944. The van der Waals surface area contributed by atoms with Gasteiger partial charge in [0.2, 0.25) is 5.91 Å². The highest BCUT2D eigenvalue weighted by Gasteiger charge is 2.16. The van der Waals surface area contributed by atoms with Crippen molar-refractivity contribution in [2.45, 2.75) is 6.92 Å². The van der Waals surface area contributed by atoms with E-state index in [0.29, 0.717) is 17.1 Å². The van der Waals surface area contributed by atoms with Crippen molar-refractivity contribution in [3.8, 4) is 0 Å². The second kappa shape index (κ2) is 4.88. The Hall–Kier alpha value is -1.43. The normalized spacial score (nSPS) is 10.0. The van der Waals surface area contributed by atoms with Crippen LogP contribution in [0.15, 0.2) is 6.20 Å². The smallest absolute Gasteiger partial charge is 0.339 e. The summed E-state index contributed by atoms with van der Waals surface area (Å²) in [4.78, 5) is 24.9. The van der Waals surface area contributed by atoms with E-state index in [1.807, 2.05) is 0 Å². The molecule has 0 saturated carbocycles. The number of hydrogen-bond donors (Lipinski definition) is 3. The number of H-pyrrole nitrogens is 1. The summed E-state index contributed by atoms with van der Waals surface area (Å²) in [5.41, 5.74) is 0.963. The first kappa shape index (κ1) is 11.6. The number of carbonyl (C=O) groups excluding carboxylic acids is 1. The molecule has 0 unspecified atom stereocenters. The van der Waals surface area contributed by atoms with Crippen LogP contribution >= 0.6 is 11.8 Å². The zero-order valence-electron chi connectivity index (χ0n) is 8.46. The molecule has 1 aromatic rings. The summed E-state index contributed by atoms with van der Waals surface area (Å²) in [7, 11) is 0. The van der Waals surface area contributed by atoms with E-state index in [9.17, 15) is 9.59 Å². The third-order valence-electron chi connectivity index (χ3n) is 1.84. The van der Waals surface area contributed by atoms with Crippen LogP contribution in [0.5, 0.6) is 0 Å². The number of hydrogen-bond acceptors (Lipinski definition) is 3. The Balaban J connectivity index is 2.86. The molecule has 0 saturated heterocycles. The number of rotatable bonds is 4. The number of carbonyl (C=O) groups is 2. The number of thioether (sulfide) groups is 1. The van der Waals surface area contributed by atoms with Gasteiger partial charge >= 0.3 is 5.97 Å². The standard InChI is InChI=1S/C9H12N2O3S/c1-5-8(9(13)14)6(3-10-5)11-7(12)4-15-2/h3,10H,4H2,1-2H3,(H,11,12)(H,13,14). The highest BCUT2D eigenvalue weighted by atomic mass is 32.2. The number of amides is 1. The first-order valence-electron chi connectivity index (χ1n) is 4.26. The van der Waals surface area contributed by atoms with Crippen LogP contribution in [0.25, 0.3) is 0 Å². The average molecular weight is 228 g/mol. The van der Waals surface area contributed by atoms with E-state index >= 15 is 0 Å². The molecule has 0 radical (unpaired) electrons. The van der Waals surface area contributed by atoms with Crippen LogP contribution in [0.4, 0.5) is 5.69 Å². The summed E-state index contributed by atoms with van der Waals surface area (Å²) in [5, 5.41) is 11.4. The molecule has 1 heterocycles. The highest BCUT2D eigenvalue weighted by molar-refractivity contribution is 7.99. The molecule has 0 fully saturated rings. The topological polar surface area (TPSA) is 82.2 Å². The van der Waals surface area contributed by atoms with Crippen LogP contribution < -0.4 is 5.32 Å². The van der Waals surface area contributed by atoms with Gasteiger partial charge in [-0.05, 0) is 13.2 Å². The molecule has 1 rings (SSSR count). The first-order chi connectivity index (χ1) is 7.06. The number of carboxylic acids is 1. The van der Waals surface area contributed by atoms with Crippen LogP contribution in [0, 0.1) is 6.92 Å². The minimum atomic E-state index is -1.05. The lowest BCUT2D eigenvalue weighted by Gasteiger charge is -2.02. The summed E-state index contributed by atoms with van der Waals surface area (Å²) in [6.45, 7) is 1.65. The molecule has 1 amide bonds. The molecule has 1 aromatic heterocycles. The van der Waals surface area contributed by atoms with Crippen LogP contribution in [-0.4, -0.2) is 34.0 Å². The molecule has 0 aromatic carbocycles. The van der Waals surface area contributed by atoms with Gasteiger partial charge in [0.1, 0.15) is 5.56 Å². The number of nitrogens with one attached hydrogen (secondary N) is 2. The van der Waals surface area contributed by atoms with Crippen LogP contribution in [0.3, 0.4) is 0 Å². The average Bonchev–Trinajstić information content (AvgIpc) is 2.47. The monoisotopic (exact) mass is 228 g/mol. The summed E-state index contributed by atoms with van der Waals surface area (Å²) in [6.07, 6.45) is 3.29. The molecule has 15 heavy (non-hydrogen) atoms. The van der Waals surface area contributed by atoms with Gasteiger partial charge in [0.25, 0.3) is 0 Å². The van der Waals surface area contributed by atoms with Gasteiger partial charge in [-0.25, -0.2) is 4.79 Å². The molecule has 6 heteroatoms. The molecule has 3 N–H and O–H groups in total. The fourth-order valence-corrected chi connectivity index (χ4v) is 1.55. The molecule has 5 nitrogen and oxygen atoms in total. The Morgan fingerprint density at radius 3 is 2.80 bits per heavy atom. The van der Waals surface area contributed by atoms with Gasteiger partial charge in [-0.15, -0.1) is 0 Å². The zero-order chi connectivity index (χ0) is 11.4. The zero-order valence-corrected chi connectivity index (χ0v) is 9.27. The Morgan fingerprint density at radius 2 is 2.27 bits per heavy atom. The highest BCUT2D eigenvalue weighted by Crippen LogP contribution is 2.19. The second-order valence-electron chi connectivity index (χ2n) is 2.99. The van der Waals surface area contributed by atoms with Crippen molar-refractivity contribution >= 4 is 29.3 Å². The van der Waals surface area contributed by atoms with Gasteiger partial charge in [0.05, 0.1) is 11.4 Å². The minimum Gasteiger partial charge on any atom is -0.478 e. The van der Waals surface area contributed by atoms with Crippen molar-refractivity contribution in [1.82, 2.24) is 4.98 Å². The molecular weight excluding hydrogens is 216 g/mol. The number of aryl methyl sites for hydroxylation is 1. The molecule has 0 spiro atoms. The Labute approximate surface area is 91.3 Å². The largest absolute Gasteiger partial charge is 0.478 e. The van der Waals surface area contributed by atoms with Gasteiger partial charge in [-0.1, -0.05) is 0 Å². The SMILES string of the molecule is CSCC(=O)Nc1c[nH]c(C)c1C(=O)O. The van der Waals surface area contributed by atoms with E-state index in [2.05, 4.69) is 10.3 Å². The molecule has 0 aliphatic rings. The Bertz CT molecular complexity index is 387. The number of aromatic nitrogens is 1. The van der Waals surface area contributed by atoms with Gasteiger partial charge in [-0.3, -0.25) is 4.79 Å². The summed E-state index contributed by atoms with van der Waals surface area (Å²) >= 11 is 1.38. The predicted molar refractivity (Wildman–Crippen MR) is 59.5 cm³/mol. The fourth-order valence-electron chi connectivity index (χ4n) is 1.22. The van der Waals surface area contributed by atoms with E-state index < -0.39 is 5.97 Å². The first-order valence-corrected chi connectivity index (χ1v) is 5.65. The minimum absolute atomic E-state index is 0.115. The van der Waals surface area contributed by atoms with Crippen molar-refractivity contribution < 1.29 is 14.7 Å². The van der Waals surface area contributed by atoms with E-state index in [4.69, 9.17) is 5.11 Å². The number of aromatic carboxylic acids is 1. The van der Waals surface area contributed by atoms with Crippen molar-refractivity contribution in [3.05, 3.63) is 17.5 Å². The van der Waals surface area contributed by atoms with Gasteiger partial charge in [0.15, 0.2) is 0 Å². The summed E-state index contributed by atoms with van der Waals surface area (Å²) < 4.78 is 0. The molecule has 0 atom stereocenters. The third kappa shape index (κ3) is 2.76. The lowest BCUT2D eigenvalue weighted by molar-refractivity contribution is -0.113. The summed E-state index contributed by atoms with van der Waals surface area (Å²) in [6, 6.07) is 0. The maximum Gasteiger partial charge on any atom is 0.339 e. The van der Waals surface area contributed by atoms with Crippen LogP contribution in [0.1, 0.15) is 16.1 Å². The number of carboxylic acid groups (broad SMARTS) is 1. The van der Waals surface area contributed by atoms with Crippen molar-refractivity contribution in [2.24, 2.45) is 0 Å². The lowest BCUT2D eigenvalue weighted by atomic mass is 10.2. The number of aromatic amines is 1. The molecule has 0 bridgehead atoms. The molecule has 0 aliphatic carbocycles. The molecular formula is C9H12N2O3S. The van der Waals surface area contributed by atoms with Crippen molar-refractivity contribution in [3.63, 3.8) is 0 Å². The predicted octanol–water partition coefficient (Wildman–Crippen LogP) is 1.32. The van der Waals surface area contributed by atoms with E-state index in [1.165, 1.54) is 18.0 Å². The fraction of sp³-hybridized carbons (Fsp3) is 0.333. The Kier molecular flexibility index (Phi) is 3.79. The molecule has 82 valence electrons. The van der Waals surface area contributed by atoms with Crippen LogP contribution in [0.2, 0.25) is 0 Å². The maximum atomic E-state index is 11.3. The van der Waals surface area contributed by atoms with Gasteiger partial charge in [-0.2, -0.15) is 11.8 Å². The Morgan fingerprint density at radius 1 is 1.60 bits per heavy atom. The quantitative estimate of drug-likeness (QED) is 0.726. The van der Waals surface area contributed by atoms with Crippen LogP contribution in [-0.2, 0) is 4.79 Å². The second-order valence-corrected chi connectivity index (χ2v) is 3.85. The third-order valence-corrected chi connectivity index (χ3v) is 2.39. The van der Waals surface area contributed by atoms with E-state index in [-0.39, 0.29) is 11.5 Å². The maximum absolute atomic E-state index is 11.3. The van der Waals surface area contributed by atoms with Crippen molar-refractivity contribution in [1.29, 1.82) is 0 Å². The molecule has 0 aliphatic heterocycles.